The molecule has 0 aliphatic heterocycles. The topological polar surface area (TPSA) is 52.6 Å². The third kappa shape index (κ3) is 6.83. The van der Waals surface area contributed by atoms with Crippen LogP contribution in [0, 0.1) is 5.92 Å². The highest BCUT2D eigenvalue weighted by Gasteiger charge is 2.03. The maximum absolute atomic E-state index is 10.3. The van der Waals surface area contributed by atoms with Crippen molar-refractivity contribution in [1.29, 1.82) is 0 Å². The lowest BCUT2D eigenvalue weighted by Crippen LogP contribution is -2.14. The molecule has 0 aliphatic carbocycles. The van der Waals surface area contributed by atoms with Gasteiger partial charge in [-0.1, -0.05) is 6.92 Å². The second-order valence-corrected chi connectivity index (χ2v) is 2.34. The molecule has 0 saturated heterocycles. The quantitative estimate of drug-likeness (QED) is 0.430. The Labute approximate surface area is 65.5 Å². The summed E-state index contributed by atoms with van der Waals surface area (Å²) in [6.45, 7) is 4.13. The van der Waals surface area contributed by atoms with Crippen molar-refractivity contribution in [3.8, 4) is 0 Å². The molecule has 0 spiro atoms. The third-order valence-corrected chi connectivity index (χ3v) is 1.02. The Morgan fingerprint density at radius 2 is 2.18 bits per heavy atom. The molecule has 0 heterocycles. The molecule has 11 heavy (non-hydrogen) atoms. The van der Waals surface area contributed by atoms with E-state index in [1.807, 2.05) is 6.92 Å². The molecule has 0 saturated carbocycles. The first-order chi connectivity index (χ1) is 5.16. The van der Waals surface area contributed by atoms with E-state index < -0.39 is 0 Å². The van der Waals surface area contributed by atoms with Crippen molar-refractivity contribution in [2.45, 2.75) is 13.8 Å². The number of esters is 1. The summed E-state index contributed by atoms with van der Waals surface area (Å²) in [5, 5.41) is 0. The van der Waals surface area contributed by atoms with Crippen LogP contribution < -0.4 is 0 Å². The summed E-state index contributed by atoms with van der Waals surface area (Å²) >= 11 is 0. The number of rotatable bonds is 5. The van der Waals surface area contributed by atoms with Crippen LogP contribution in [0.3, 0.4) is 0 Å². The summed E-state index contributed by atoms with van der Waals surface area (Å²) in [6, 6.07) is 0. The highest BCUT2D eigenvalue weighted by Crippen LogP contribution is 1.95. The molecule has 0 amide bonds. The fourth-order valence-corrected chi connectivity index (χ4v) is 0.511. The zero-order valence-corrected chi connectivity index (χ0v) is 6.70. The zero-order chi connectivity index (χ0) is 8.69. The lowest BCUT2D eigenvalue weighted by atomic mass is 10.2. The Hall–Kier alpha value is -1.06. The molecule has 0 aromatic rings. The van der Waals surface area contributed by atoms with Gasteiger partial charge in [0.1, 0.15) is 0 Å². The average Bonchev–Trinajstić information content (AvgIpc) is 1.97. The molecule has 0 radical (unpaired) electrons. The number of carbonyl (C=O) groups is 2. The van der Waals surface area contributed by atoms with Gasteiger partial charge in [0.15, 0.2) is 0 Å². The minimum Gasteiger partial charge on any atom is -0.467 e. The Morgan fingerprint density at radius 3 is 2.64 bits per heavy atom. The van der Waals surface area contributed by atoms with Crippen molar-refractivity contribution in [3.63, 3.8) is 0 Å². The maximum Gasteiger partial charge on any atom is 0.302 e. The van der Waals surface area contributed by atoms with Crippen molar-refractivity contribution < 1.29 is 19.1 Å². The minimum atomic E-state index is -0.317. The van der Waals surface area contributed by atoms with Gasteiger partial charge in [-0.15, -0.1) is 0 Å². The fraction of sp³-hybridized carbons (Fsp3) is 0.714. The van der Waals surface area contributed by atoms with E-state index in [9.17, 15) is 9.59 Å². The van der Waals surface area contributed by atoms with Crippen LogP contribution >= 0.6 is 0 Å². The fourth-order valence-electron chi connectivity index (χ4n) is 0.511. The van der Waals surface area contributed by atoms with Crippen LogP contribution in [-0.2, 0) is 19.1 Å². The molecule has 0 bridgehead atoms. The first-order valence-electron chi connectivity index (χ1n) is 3.35. The van der Waals surface area contributed by atoms with Gasteiger partial charge in [-0.05, 0) is 0 Å². The molecule has 1 unspecified atom stereocenters. The summed E-state index contributed by atoms with van der Waals surface area (Å²) < 4.78 is 9.12. The summed E-state index contributed by atoms with van der Waals surface area (Å²) in [5.74, 6) is -0.257. The Kier molecular flexibility index (Phi) is 5.15. The SMILES string of the molecule is CC(=O)OCC(C)COC=O. The van der Waals surface area contributed by atoms with Gasteiger partial charge in [0.05, 0.1) is 13.2 Å². The number of hydrogen-bond acceptors (Lipinski definition) is 4. The normalized spacial score (nSPS) is 11.8. The lowest BCUT2D eigenvalue weighted by Gasteiger charge is -2.08. The summed E-state index contributed by atoms with van der Waals surface area (Å²) in [7, 11) is 0. The standard InChI is InChI=1S/C7H12O4/c1-6(3-10-5-8)4-11-7(2)9/h5-6H,3-4H2,1-2H3. The molecule has 0 aromatic carbocycles. The molecule has 0 fully saturated rings. The smallest absolute Gasteiger partial charge is 0.302 e. The van der Waals surface area contributed by atoms with E-state index in [2.05, 4.69) is 9.47 Å². The maximum atomic E-state index is 10.3. The van der Waals surface area contributed by atoms with Crippen molar-refractivity contribution in [1.82, 2.24) is 0 Å². The molecule has 0 N–H and O–H groups in total. The molecule has 0 rings (SSSR count). The van der Waals surface area contributed by atoms with E-state index in [4.69, 9.17) is 0 Å². The van der Waals surface area contributed by atoms with Crippen LogP contribution in [0.4, 0.5) is 0 Å². The van der Waals surface area contributed by atoms with Gasteiger partial charge in [-0.25, -0.2) is 0 Å². The van der Waals surface area contributed by atoms with Crippen LogP contribution in [-0.4, -0.2) is 25.7 Å². The van der Waals surface area contributed by atoms with E-state index in [1.165, 1.54) is 6.92 Å². The third-order valence-electron chi connectivity index (χ3n) is 1.02. The minimum absolute atomic E-state index is 0.0594. The average molecular weight is 160 g/mol. The van der Waals surface area contributed by atoms with Gasteiger partial charge in [0.25, 0.3) is 6.47 Å². The van der Waals surface area contributed by atoms with Crippen LogP contribution in [0.2, 0.25) is 0 Å². The first-order valence-corrected chi connectivity index (χ1v) is 3.35. The van der Waals surface area contributed by atoms with Gasteiger partial charge in [0, 0.05) is 12.8 Å². The molecule has 0 aliphatic rings. The molecule has 1 atom stereocenters. The van der Waals surface area contributed by atoms with Crippen LogP contribution in [0.25, 0.3) is 0 Å². The molecular weight excluding hydrogens is 148 g/mol. The van der Waals surface area contributed by atoms with E-state index in [1.54, 1.807) is 0 Å². The molecule has 0 aromatic heterocycles. The van der Waals surface area contributed by atoms with Crippen molar-refractivity contribution in [2.75, 3.05) is 13.2 Å². The second kappa shape index (κ2) is 5.70. The Bertz CT molecular complexity index is 132. The van der Waals surface area contributed by atoms with Crippen molar-refractivity contribution in [2.24, 2.45) is 5.92 Å². The Morgan fingerprint density at radius 1 is 1.55 bits per heavy atom. The summed E-state index contributed by atoms with van der Waals surface area (Å²) in [4.78, 5) is 20.0. The molecule has 4 nitrogen and oxygen atoms in total. The number of hydrogen-bond donors (Lipinski definition) is 0. The van der Waals surface area contributed by atoms with Crippen molar-refractivity contribution in [3.05, 3.63) is 0 Å². The molecule has 4 heteroatoms. The summed E-state index contributed by atoms with van der Waals surface area (Å²) in [5.41, 5.74) is 0. The highest BCUT2D eigenvalue weighted by atomic mass is 16.5. The largest absolute Gasteiger partial charge is 0.467 e. The lowest BCUT2D eigenvalue weighted by molar-refractivity contribution is -0.143. The molecular formula is C7H12O4. The highest BCUT2D eigenvalue weighted by molar-refractivity contribution is 5.65. The summed E-state index contributed by atoms with van der Waals surface area (Å²) in [6.07, 6.45) is 0. The van der Waals surface area contributed by atoms with Crippen LogP contribution in [0.15, 0.2) is 0 Å². The van der Waals surface area contributed by atoms with E-state index in [0.29, 0.717) is 13.1 Å². The van der Waals surface area contributed by atoms with Gasteiger partial charge in [-0.2, -0.15) is 0 Å². The van der Waals surface area contributed by atoms with Crippen LogP contribution in [0.1, 0.15) is 13.8 Å². The second-order valence-electron chi connectivity index (χ2n) is 2.34. The Balaban J connectivity index is 3.28. The molecule has 64 valence electrons. The van der Waals surface area contributed by atoms with Crippen molar-refractivity contribution >= 4 is 12.4 Å². The predicted octanol–water partition coefficient (Wildman–Crippen LogP) is 0.359. The zero-order valence-electron chi connectivity index (χ0n) is 6.70. The van der Waals surface area contributed by atoms with Gasteiger partial charge in [-0.3, -0.25) is 9.59 Å². The van der Waals surface area contributed by atoms with Crippen LogP contribution in [0.5, 0.6) is 0 Å². The first kappa shape index (κ1) is 9.94. The van der Waals surface area contributed by atoms with Gasteiger partial charge in [0.2, 0.25) is 0 Å². The van der Waals surface area contributed by atoms with Gasteiger partial charge >= 0.3 is 5.97 Å². The predicted molar refractivity (Wildman–Crippen MR) is 37.8 cm³/mol. The van der Waals surface area contributed by atoms with E-state index >= 15 is 0 Å². The number of ether oxygens (including phenoxy) is 2. The van der Waals surface area contributed by atoms with E-state index in [0.717, 1.165) is 0 Å². The monoisotopic (exact) mass is 160 g/mol. The van der Waals surface area contributed by atoms with E-state index in [-0.39, 0.29) is 18.5 Å². The van der Waals surface area contributed by atoms with Gasteiger partial charge < -0.3 is 9.47 Å². The number of carbonyl (C=O) groups excluding carboxylic acids is 2.